The van der Waals surface area contributed by atoms with E-state index in [0.717, 1.165) is 0 Å². The number of carbonyl (C=O) groups is 2. The second-order valence-electron chi connectivity index (χ2n) is 5.39. The Balaban J connectivity index is 2.82. The first kappa shape index (κ1) is 15.3. The number of hydrogen-bond donors (Lipinski definition) is 2. The Kier molecular flexibility index (Phi) is 5.15. The quantitative estimate of drug-likeness (QED) is 0.830. The number of carbonyl (C=O) groups excluding carboxylic acids is 1. The molecule has 5 heteroatoms. The highest BCUT2D eigenvalue weighted by molar-refractivity contribution is 5.95. The molecule has 0 saturated carbocycles. The molecule has 19 heavy (non-hydrogen) atoms. The Morgan fingerprint density at radius 2 is 1.95 bits per heavy atom. The lowest BCUT2D eigenvalue weighted by molar-refractivity contribution is -0.139. The van der Waals surface area contributed by atoms with Crippen molar-refractivity contribution in [2.45, 2.75) is 46.2 Å². The van der Waals surface area contributed by atoms with Gasteiger partial charge in [0.05, 0.1) is 0 Å². The first-order valence-electron chi connectivity index (χ1n) is 6.53. The zero-order chi connectivity index (χ0) is 14.6. The topological polar surface area (TPSA) is 71.3 Å². The van der Waals surface area contributed by atoms with E-state index in [9.17, 15) is 9.59 Å². The Bertz CT molecular complexity index is 449. The highest BCUT2D eigenvalue weighted by atomic mass is 16.4. The number of hydrogen-bond acceptors (Lipinski definition) is 2. The number of carboxylic acid groups (broad SMARTS) is 1. The number of aliphatic carboxylic acids is 1. The fraction of sp³-hybridized carbons (Fsp3) is 0.571. The molecule has 5 nitrogen and oxygen atoms in total. The summed E-state index contributed by atoms with van der Waals surface area (Å²) in [5.74, 6) is -1.13. The lowest BCUT2D eigenvalue weighted by Crippen LogP contribution is -2.42. The van der Waals surface area contributed by atoms with Crippen LogP contribution in [-0.4, -0.2) is 27.6 Å². The number of amides is 1. The normalized spacial score (nSPS) is 12.7. The lowest BCUT2D eigenvalue weighted by atomic mass is 10.0. The highest BCUT2D eigenvalue weighted by Crippen LogP contribution is 2.12. The maximum absolute atomic E-state index is 12.1. The van der Waals surface area contributed by atoms with Crippen molar-refractivity contribution in [2.75, 3.05) is 0 Å². The maximum atomic E-state index is 12.1. The molecule has 0 aliphatic carbocycles. The fourth-order valence-corrected chi connectivity index (χ4v) is 1.96. The van der Waals surface area contributed by atoms with E-state index >= 15 is 0 Å². The zero-order valence-corrected chi connectivity index (χ0v) is 11.9. The molecule has 106 valence electrons. The van der Waals surface area contributed by atoms with Crippen LogP contribution >= 0.6 is 0 Å². The van der Waals surface area contributed by atoms with E-state index in [2.05, 4.69) is 5.32 Å². The van der Waals surface area contributed by atoms with Crippen molar-refractivity contribution in [1.82, 2.24) is 9.88 Å². The molecule has 0 saturated heterocycles. The van der Waals surface area contributed by atoms with Gasteiger partial charge in [-0.2, -0.15) is 0 Å². The van der Waals surface area contributed by atoms with Crippen LogP contribution in [0.4, 0.5) is 0 Å². The number of nitrogens with zero attached hydrogens (tertiary/aromatic N) is 1. The summed E-state index contributed by atoms with van der Waals surface area (Å²) in [4.78, 5) is 23.3. The minimum absolute atomic E-state index is 0.157. The van der Waals surface area contributed by atoms with Crippen molar-refractivity contribution >= 4 is 11.9 Å². The van der Waals surface area contributed by atoms with Gasteiger partial charge in [-0.05, 0) is 38.3 Å². The maximum Gasteiger partial charge on any atom is 0.326 e. The van der Waals surface area contributed by atoms with Crippen LogP contribution in [0.25, 0.3) is 0 Å². The summed E-state index contributed by atoms with van der Waals surface area (Å²) in [6.45, 7) is 7.80. The monoisotopic (exact) mass is 266 g/mol. The second kappa shape index (κ2) is 6.41. The molecule has 0 aliphatic rings. The van der Waals surface area contributed by atoms with Gasteiger partial charge in [0.25, 0.3) is 5.91 Å². The molecule has 0 fully saturated rings. The van der Waals surface area contributed by atoms with Crippen LogP contribution in [-0.2, 0) is 4.79 Å². The molecule has 0 unspecified atom stereocenters. The van der Waals surface area contributed by atoms with Crippen LogP contribution < -0.4 is 5.32 Å². The molecule has 2 N–H and O–H groups in total. The van der Waals surface area contributed by atoms with Crippen molar-refractivity contribution in [1.29, 1.82) is 0 Å². The summed E-state index contributed by atoms with van der Waals surface area (Å²) in [6.07, 6.45) is 2.24. The fourth-order valence-electron chi connectivity index (χ4n) is 1.96. The summed E-state index contributed by atoms with van der Waals surface area (Å²) < 4.78 is 1.82. The van der Waals surface area contributed by atoms with E-state index in [-0.39, 0.29) is 17.9 Å². The molecule has 1 rings (SSSR count). The molecule has 0 radical (unpaired) electrons. The first-order valence-corrected chi connectivity index (χ1v) is 6.53. The molecule has 1 aromatic rings. The third-order valence-corrected chi connectivity index (χ3v) is 2.88. The predicted molar refractivity (Wildman–Crippen MR) is 73.2 cm³/mol. The van der Waals surface area contributed by atoms with Crippen LogP contribution in [0.15, 0.2) is 18.3 Å². The number of carboxylic acids is 1. The Morgan fingerprint density at radius 3 is 2.42 bits per heavy atom. The molecule has 1 amide bonds. The van der Waals surface area contributed by atoms with Gasteiger partial charge in [-0.1, -0.05) is 13.8 Å². The van der Waals surface area contributed by atoms with Gasteiger partial charge in [0.2, 0.25) is 0 Å². The van der Waals surface area contributed by atoms with Gasteiger partial charge in [0, 0.05) is 12.2 Å². The minimum Gasteiger partial charge on any atom is -0.480 e. The zero-order valence-electron chi connectivity index (χ0n) is 11.9. The number of aromatic nitrogens is 1. The van der Waals surface area contributed by atoms with Crippen molar-refractivity contribution < 1.29 is 14.7 Å². The standard InChI is InChI=1S/C14H22N2O3/c1-9(2)8-11(14(18)19)15-13(17)12-6-5-7-16(12)10(3)4/h5-7,9-11H,8H2,1-4H3,(H,15,17)(H,18,19)/t11-/m0/s1. The van der Waals surface area contributed by atoms with E-state index in [1.165, 1.54) is 0 Å². The van der Waals surface area contributed by atoms with Crippen molar-refractivity contribution in [3.8, 4) is 0 Å². The van der Waals surface area contributed by atoms with E-state index < -0.39 is 12.0 Å². The average molecular weight is 266 g/mol. The van der Waals surface area contributed by atoms with Gasteiger partial charge in [-0.15, -0.1) is 0 Å². The molecule has 0 aromatic carbocycles. The molecule has 0 aliphatic heterocycles. The molecule has 0 spiro atoms. The third-order valence-electron chi connectivity index (χ3n) is 2.88. The van der Waals surface area contributed by atoms with Crippen LogP contribution in [0, 0.1) is 5.92 Å². The van der Waals surface area contributed by atoms with Crippen molar-refractivity contribution in [3.05, 3.63) is 24.0 Å². The summed E-state index contributed by atoms with van der Waals surface area (Å²) in [6, 6.07) is 2.80. The van der Waals surface area contributed by atoms with Crippen LogP contribution in [0.3, 0.4) is 0 Å². The smallest absolute Gasteiger partial charge is 0.326 e. The molecular weight excluding hydrogens is 244 g/mol. The number of nitrogens with one attached hydrogen (secondary N) is 1. The molecule has 1 aromatic heterocycles. The lowest BCUT2D eigenvalue weighted by Gasteiger charge is -2.18. The van der Waals surface area contributed by atoms with Crippen LogP contribution in [0.5, 0.6) is 0 Å². The Morgan fingerprint density at radius 1 is 1.32 bits per heavy atom. The molecule has 0 bridgehead atoms. The van der Waals surface area contributed by atoms with Crippen molar-refractivity contribution in [2.24, 2.45) is 5.92 Å². The Labute approximate surface area is 113 Å². The van der Waals surface area contributed by atoms with Gasteiger partial charge in [0.1, 0.15) is 11.7 Å². The average Bonchev–Trinajstić information content (AvgIpc) is 2.76. The summed E-state index contributed by atoms with van der Waals surface area (Å²) in [5, 5.41) is 11.7. The Hall–Kier alpha value is -1.78. The van der Waals surface area contributed by atoms with Gasteiger partial charge in [-0.3, -0.25) is 4.79 Å². The minimum atomic E-state index is -0.996. The molecular formula is C14H22N2O3. The van der Waals surface area contributed by atoms with Gasteiger partial charge >= 0.3 is 5.97 Å². The predicted octanol–water partition coefficient (Wildman–Crippen LogP) is 2.30. The van der Waals surface area contributed by atoms with Gasteiger partial charge in [-0.25, -0.2) is 4.79 Å². The van der Waals surface area contributed by atoms with Crippen LogP contribution in [0.2, 0.25) is 0 Å². The molecule has 1 atom stereocenters. The van der Waals surface area contributed by atoms with Crippen LogP contribution in [0.1, 0.15) is 50.6 Å². The summed E-state index contributed by atoms with van der Waals surface area (Å²) >= 11 is 0. The second-order valence-corrected chi connectivity index (χ2v) is 5.39. The van der Waals surface area contributed by atoms with Crippen molar-refractivity contribution in [3.63, 3.8) is 0 Å². The van der Waals surface area contributed by atoms with E-state index in [1.807, 2.05) is 38.5 Å². The highest BCUT2D eigenvalue weighted by Gasteiger charge is 2.23. The van der Waals surface area contributed by atoms with E-state index in [0.29, 0.717) is 12.1 Å². The van der Waals surface area contributed by atoms with E-state index in [1.54, 1.807) is 12.1 Å². The first-order chi connectivity index (χ1) is 8.82. The number of rotatable bonds is 6. The summed E-state index contributed by atoms with van der Waals surface area (Å²) in [7, 11) is 0. The van der Waals surface area contributed by atoms with Gasteiger partial charge in [0.15, 0.2) is 0 Å². The summed E-state index contributed by atoms with van der Waals surface area (Å²) in [5.41, 5.74) is 0.491. The van der Waals surface area contributed by atoms with E-state index in [4.69, 9.17) is 5.11 Å². The largest absolute Gasteiger partial charge is 0.480 e. The third kappa shape index (κ3) is 4.12. The molecule has 1 heterocycles. The SMILES string of the molecule is CC(C)C[C@H](NC(=O)c1cccn1C(C)C)C(=O)O. The van der Waals surface area contributed by atoms with Gasteiger partial charge < -0.3 is 15.0 Å².